The zero-order valence-electron chi connectivity index (χ0n) is 14.0. The van der Waals surface area contributed by atoms with Crippen LogP contribution in [0.1, 0.15) is 43.4 Å². The largest absolute Gasteiger partial charge is 0.392 e. The van der Waals surface area contributed by atoms with Crippen molar-refractivity contribution in [2.24, 2.45) is 11.7 Å². The number of hydrogen-bond acceptors (Lipinski definition) is 4. The first kappa shape index (κ1) is 17.9. The number of hydrogen-bond donors (Lipinski definition) is 3. The lowest BCUT2D eigenvalue weighted by molar-refractivity contribution is -0.123. The van der Waals surface area contributed by atoms with E-state index in [9.17, 15) is 9.90 Å². The summed E-state index contributed by atoms with van der Waals surface area (Å²) in [4.78, 5) is 13.6. The standard InChI is InChI=1S/C18H29N3O2/c1-14(16-6-2-5-15(11-16)13-22)20-8-4-10-21-9-3-7-17(12-21)18(19)23/h2,5-6,11,14,17,20,22H,3-4,7-10,12-13H2,1H3,(H2,19,23). The molecule has 2 unspecified atom stereocenters. The number of piperidine rings is 1. The van der Waals surface area contributed by atoms with Crippen LogP contribution in [0.4, 0.5) is 0 Å². The minimum atomic E-state index is -0.162. The lowest BCUT2D eigenvalue weighted by Crippen LogP contribution is -2.42. The Hall–Kier alpha value is -1.43. The molecule has 5 heteroatoms. The third kappa shape index (κ3) is 5.61. The maximum Gasteiger partial charge on any atom is 0.221 e. The van der Waals surface area contributed by atoms with E-state index in [-0.39, 0.29) is 24.5 Å². The van der Waals surface area contributed by atoms with Gasteiger partial charge in [0.15, 0.2) is 0 Å². The molecular formula is C18H29N3O2. The Labute approximate surface area is 138 Å². The molecule has 128 valence electrons. The summed E-state index contributed by atoms with van der Waals surface area (Å²) in [6, 6.07) is 8.30. The van der Waals surface area contributed by atoms with Gasteiger partial charge < -0.3 is 21.1 Å². The van der Waals surface area contributed by atoms with Crippen molar-refractivity contribution in [2.75, 3.05) is 26.2 Å². The van der Waals surface area contributed by atoms with Gasteiger partial charge in [0, 0.05) is 12.6 Å². The van der Waals surface area contributed by atoms with Crippen LogP contribution >= 0.6 is 0 Å². The Morgan fingerprint density at radius 3 is 3.09 bits per heavy atom. The number of nitrogens with two attached hydrogens (primary N) is 1. The van der Waals surface area contributed by atoms with E-state index < -0.39 is 0 Å². The lowest BCUT2D eigenvalue weighted by atomic mass is 9.97. The van der Waals surface area contributed by atoms with E-state index in [1.165, 1.54) is 5.56 Å². The number of aliphatic hydroxyl groups is 1. The van der Waals surface area contributed by atoms with Crippen LogP contribution in [0.15, 0.2) is 24.3 Å². The average Bonchev–Trinajstić information content (AvgIpc) is 2.58. The fourth-order valence-electron chi connectivity index (χ4n) is 3.19. The Balaban J connectivity index is 1.69. The van der Waals surface area contributed by atoms with Gasteiger partial charge in [-0.1, -0.05) is 24.3 Å². The molecule has 1 amide bonds. The fourth-order valence-corrected chi connectivity index (χ4v) is 3.19. The average molecular weight is 319 g/mol. The molecule has 1 aliphatic rings. The van der Waals surface area contributed by atoms with Crippen LogP contribution in [-0.4, -0.2) is 42.1 Å². The second-order valence-corrected chi connectivity index (χ2v) is 6.47. The van der Waals surface area contributed by atoms with Gasteiger partial charge in [0.25, 0.3) is 0 Å². The quantitative estimate of drug-likeness (QED) is 0.633. The molecule has 0 radical (unpaired) electrons. The first-order valence-corrected chi connectivity index (χ1v) is 8.55. The van der Waals surface area contributed by atoms with Crippen molar-refractivity contribution >= 4 is 5.91 Å². The van der Waals surface area contributed by atoms with Crippen molar-refractivity contribution in [2.45, 2.75) is 38.8 Å². The third-order valence-corrected chi connectivity index (χ3v) is 4.64. The van der Waals surface area contributed by atoms with Crippen LogP contribution < -0.4 is 11.1 Å². The SMILES string of the molecule is CC(NCCCN1CCCC(C(N)=O)C1)c1cccc(CO)c1. The number of carbonyl (C=O) groups is 1. The van der Waals surface area contributed by atoms with Gasteiger partial charge >= 0.3 is 0 Å². The normalized spacial score (nSPS) is 20.3. The maximum absolute atomic E-state index is 11.3. The van der Waals surface area contributed by atoms with Crippen molar-refractivity contribution in [3.63, 3.8) is 0 Å². The molecule has 23 heavy (non-hydrogen) atoms. The monoisotopic (exact) mass is 319 g/mol. The second kappa shape index (κ2) is 9.01. The second-order valence-electron chi connectivity index (χ2n) is 6.47. The van der Waals surface area contributed by atoms with Crippen LogP contribution in [-0.2, 0) is 11.4 Å². The van der Waals surface area contributed by atoms with E-state index in [0.717, 1.165) is 51.0 Å². The number of nitrogens with one attached hydrogen (secondary N) is 1. The summed E-state index contributed by atoms with van der Waals surface area (Å²) in [5.41, 5.74) is 7.56. The van der Waals surface area contributed by atoms with Gasteiger partial charge in [-0.2, -0.15) is 0 Å². The minimum Gasteiger partial charge on any atom is -0.392 e. The lowest BCUT2D eigenvalue weighted by Gasteiger charge is -2.31. The number of amides is 1. The summed E-state index contributed by atoms with van der Waals surface area (Å²) in [6.07, 6.45) is 3.04. The van der Waals surface area contributed by atoms with Crippen LogP contribution in [0.25, 0.3) is 0 Å². The van der Waals surface area contributed by atoms with Gasteiger partial charge in [-0.3, -0.25) is 4.79 Å². The van der Waals surface area contributed by atoms with Crippen LogP contribution in [0.2, 0.25) is 0 Å². The summed E-state index contributed by atoms with van der Waals surface area (Å²) in [5.74, 6) is -0.137. The predicted molar refractivity (Wildman–Crippen MR) is 91.8 cm³/mol. The summed E-state index contributed by atoms with van der Waals surface area (Å²) < 4.78 is 0. The highest BCUT2D eigenvalue weighted by molar-refractivity contribution is 5.76. The van der Waals surface area contributed by atoms with Gasteiger partial charge in [-0.25, -0.2) is 0 Å². The molecule has 2 atom stereocenters. The molecule has 0 aliphatic carbocycles. The van der Waals surface area contributed by atoms with Crippen molar-refractivity contribution in [3.8, 4) is 0 Å². The van der Waals surface area contributed by atoms with Gasteiger partial charge in [0.2, 0.25) is 5.91 Å². The molecule has 0 aromatic heterocycles. The van der Waals surface area contributed by atoms with E-state index >= 15 is 0 Å². The molecule has 4 N–H and O–H groups in total. The van der Waals surface area contributed by atoms with Crippen molar-refractivity contribution in [1.29, 1.82) is 0 Å². The highest BCUT2D eigenvalue weighted by Crippen LogP contribution is 2.17. The molecule has 1 aromatic carbocycles. The third-order valence-electron chi connectivity index (χ3n) is 4.64. The number of primary amides is 1. The van der Waals surface area contributed by atoms with Crippen molar-refractivity contribution in [3.05, 3.63) is 35.4 Å². The molecule has 5 nitrogen and oxygen atoms in total. The minimum absolute atomic E-state index is 0.0249. The topological polar surface area (TPSA) is 78.6 Å². The maximum atomic E-state index is 11.3. The molecule has 1 aliphatic heterocycles. The zero-order chi connectivity index (χ0) is 16.7. The van der Waals surface area contributed by atoms with Crippen LogP contribution in [0, 0.1) is 5.92 Å². The Morgan fingerprint density at radius 2 is 2.35 bits per heavy atom. The number of aliphatic hydroxyl groups excluding tert-OH is 1. The zero-order valence-corrected chi connectivity index (χ0v) is 14.0. The summed E-state index contributed by atoms with van der Waals surface area (Å²) in [6.45, 7) is 6.03. The van der Waals surface area contributed by atoms with E-state index in [1.54, 1.807) is 0 Å². The highest BCUT2D eigenvalue weighted by atomic mass is 16.3. The van der Waals surface area contributed by atoms with E-state index in [1.807, 2.05) is 18.2 Å². The predicted octanol–water partition coefficient (Wildman–Crippen LogP) is 1.42. The molecule has 1 heterocycles. The molecule has 1 fully saturated rings. The summed E-state index contributed by atoms with van der Waals surface area (Å²) in [5, 5.41) is 12.7. The molecule has 0 spiro atoms. The molecule has 0 saturated carbocycles. The van der Waals surface area contributed by atoms with Crippen molar-refractivity contribution in [1.82, 2.24) is 10.2 Å². The molecule has 1 saturated heterocycles. The summed E-state index contributed by atoms with van der Waals surface area (Å²) in [7, 11) is 0. The number of carbonyl (C=O) groups excluding carboxylic acids is 1. The molecule has 1 aromatic rings. The first-order chi connectivity index (χ1) is 11.1. The fraction of sp³-hybridized carbons (Fsp3) is 0.611. The van der Waals surface area contributed by atoms with Crippen LogP contribution in [0.5, 0.6) is 0 Å². The van der Waals surface area contributed by atoms with E-state index in [0.29, 0.717) is 0 Å². The van der Waals surface area contributed by atoms with Crippen LogP contribution in [0.3, 0.4) is 0 Å². The summed E-state index contributed by atoms with van der Waals surface area (Å²) >= 11 is 0. The van der Waals surface area contributed by atoms with E-state index in [4.69, 9.17) is 5.73 Å². The van der Waals surface area contributed by atoms with Gasteiger partial charge in [-0.15, -0.1) is 0 Å². The van der Waals surface area contributed by atoms with Gasteiger partial charge in [-0.05, 0) is 56.9 Å². The Morgan fingerprint density at radius 1 is 1.52 bits per heavy atom. The smallest absolute Gasteiger partial charge is 0.221 e. The molecule has 0 bridgehead atoms. The number of likely N-dealkylation sites (tertiary alicyclic amines) is 1. The van der Waals surface area contributed by atoms with Crippen molar-refractivity contribution < 1.29 is 9.90 Å². The Kier molecular flexibility index (Phi) is 7.02. The number of rotatable bonds is 8. The molecular weight excluding hydrogens is 290 g/mol. The Bertz CT molecular complexity index is 507. The van der Waals surface area contributed by atoms with Gasteiger partial charge in [0.05, 0.1) is 12.5 Å². The molecule has 2 rings (SSSR count). The number of nitrogens with zero attached hydrogens (tertiary/aromatic N) is 1. The highest BCUT2D eigenvalue weighted by Gasteiger charge is 2.23. The first-order valence-electron chi connectivity index (χ1n) is 8.55. The van der Waals surface area contributed by atoms with E-state index in [2.05, 4.69) is 23.2 Å². The number of benzene rings is 1. The van der Waals surface area contributed by atoms with Gasteiger partial charge in [0.1, 0.15) is 0 Å².